The predicted molar refractivity (Wildman–Crippen MR) is 83.2 cm³/mol. The highest BCUT2D eigenvalue weighted by Crippen LogP contribution is 2.24. The summed E-state index contributed by atoms with van der Waals surface area (Å²) in [5.74, 6) is 1.16. The molecular formula is C17H16N2O3. The molecule has 1 aliphatic heterocycles. The number of carbonyl (C=O) groups excluding carboxylic acids is 1. The zero-order valence-electron chi connectivity index (χ0n) is 12.0. The Morgan fingerprint density at radius 3 is 2.77 bits per heavy atom. The summed E-state index contributed by atoms with van der Waals surface area (Å²) in [5.41, 5.74) is 4.26. The molecule has 0 fully saturated rings. The van der Waals surface area contributed by atoms with Gasteiger partial charge in [0.15, 0.2) is 6.61 Å². The van der Waals surface area contributed by atoms with E-state index in [9.17, 15) is 4.79 Å². The molecule has 3 rings (SSSR count). The van der Waals surface area contributed by atoms with Gasteiger partial charge in [-0.1, -0.05) is 30.3 Å². The Morgan fingerprint density at radius 1 is 1.14 bits per heavy atom. The average Bonchev–Trinajstić information content (AvgIpc) is 2.59. The van der Waals surface area contributed by atoms with Crippen LogP contribution in [-0.4, -0.2) is 24.8 Å². The maximum absolute atomic E-state index is 11.8. The van der Waals surface area contributed by atoms with Crippen LogP contribution in [0.15, 0.2) is 59.7 Å². The number of benzene rings is 2. The molecule has 0 aromatic heterocycles. The Kier molecular flexibility index (Phi) is 4.34. The summed E-state index contributed by atoms with van der Waals surface area (Å²) >= 11 is 0. The molecule has 0 saturated heterocycles. The first-order valence-corrected chi connectivity index (χ1v) is 7.08. The molecule has 5 nitrogen and oxygen atoms in total. The first kappa shape index (κ1) is 14.1. The fourth-order valence-corrected chi connectivity index (χ4v) is 2.17. The van der Waals surface area contributed by atoms with Gasteiger partial charge in [-0.2, -0.15) is 5.10 Å². The van der Waals surface area contributed by atoms with E-state index in [0.717, 1.165) is 17.0 Å². The van der Waals surface area contributed by atoms with Crippen LogP contribution < -0.4 is 14.9 Å². The number of amides is 1. The maximum atomic E-state index is 11.8. The fourth-order valence-electron chi connectivity index (χ4n) is 2.17. The van der Waals surface area contributed by atoms with E-state index in [1.54, 1.807) is 12.1 Å². The van der Waals surface area contributed by atoms with Crippen molar-refractivity contribution >= 4 is 11.6 Å². The minimum Gasteiger partial charge on any atom is -0.492 e. The summed E-state index contributed by atoms with van der Waals surface area (Å²) in [6, 6.07) is 16.9. The third-order valence-corrected chi connectivity index (χ3v) is 3.22. The van der Waals surface area contributed by atoms with Crippen molar-refractivity contribution < 1.29 is 14.3 Å². The molecule has 22 heavy (non-hydrogen) atoms. The van der Waals surface area contributed by atoms with E-state index in [4.69, 9.17) is 9.47 Å². The average molecular weight is 296 g/mol. The van der Waals surface area contributed by atoms with E-state index in [-0.39, 0.29) is 12.5 Å². The lowest BCUT2D eigenvalue weighted by Crippen LogP contribution is -2.27. The molecule has 2 aromatic carbocycles. The highest BCUT2D eigenvalue weighted by atomic mass is 16.5. The number of nitrogens with zero attached hydrogens (tertiary/aromatic N) is 1. The Bertz CT molecular complexity index is 683. The lowest BCUT2D eigenvalue weighted by atomic mass is 10.0. The molecule has 1 heterocycles. The summed E-state index contributed by atoms with van der Waals surface area (Å²) in [7, 11) is 0. The van der Waals surface area contributed by atoms with Gasteiger partial charge in [0.25, 0.3) is 5.91 Å². The highest BCUT2D eigenvalue weighted by molar-refractivity contribution is 6.04. The smallest absolute Gasteiger partial charge is 0.277 e. The van der Waals surface area contributed by atoms with Gasteiger partial charge in [-0.3, -0.25) is 4.79 Å². The monoisotopic (exact) mass is 296 g/mol. The Labute approximate surface area is 128 Å². The zero-order chi connectivity index (χ0) is 15.2. The molecular weight excluding hydrogens is 280 g/mol. The van der Waals surface area contributed by atoms with Crippen molar-refractivity contribution in [2.45, 2.75) is 6.42 Å². The van der Waals surface area contributed by atoms with Gasteiger partial charge in [0.05, 0.1) is 12.3 Å². The lowest BCUT2D eigenvalue weighted by molar-refractivity contribution is -0.123. The SMILES string of the molecule is O=C(COc1ccccc1)N/N=C1/CCOc2ccccc21. The normalized spacial score (nSPS) is 14.8. The fraction of sp³-hybridized carbons (Fsp3) is 0.176. The van der Waals surface area contributed by atoms with Crippen LogP contribution in [0.1, 0.15) is 12.0 Å². The van der Waals surface area contributed by atoms with Gasteiger partial charge in [-0.15, -0.1) is 0 Å². The third-order valence-electron chi connectivity index (χ3n) is 3.22. The standard InChI is InChI=1S/C17H16N2O3/c20-17(12-22-13-6-2-1-3-7-13)19-18-15-10-11-21-16-9-5-4-8-14(15)16/h1-9H,10-12H2,(H,19,20)/b18-15-. The molecule has 1 aliphatic rings. The van der Waals surface area contributed by atoms with Crippen molar-refractivity contribution in [2.24, 2.45) is 5.10 Å². The molecule has 2 aromatic rings. The summed E-state index contributed by atoms with van der Waals surface area (Å²) in [6.07, 6.45) is 0.664. The number of para-hydroxylation sites is 2. The summed E-state index contributed by atoms with van der Waals surface area (Å²) < 4.78 is 10.9. The number of hydrazone groups is 1. The first-order valence-electron chi connectivity index (χ1n) is 7.08. The topological polar surface area (TPSA) is 59.9 Å². The highest BCUT2D eigenvalue weighted by Gasteiger charge is 2.16. The van der Waals surface area contributed by atoms with Gasteiger partial charge >= 0.3 is 0 Å². The van der Waals surface area contributed by atoms with Crippen LogP contribution in [-0.2, 0) is 4.79 Å². The predicted octanol–water partition coefficient (Wildman–Crippen LogP) is 2.37. The summed E-state index contributed by atoms with van der Waals surface area (Å²) in [4.78, 5) is 11.8. The van der Waals surface area contributed by atoms with Crippen LogP contribution in [0.25, 0.3) is 0 Å². The molecule has 0 atom stereocenters. The van der Waals surface area contributed by atoms with Gasteiger partial charge in [-0.25, -0.2) is 5.43 Å². The number of fused-ring (bicyclic) bond motifs is 1. The second-order valence-corrected chi connectivity index (χ2v) is 4.79. The van der Waals surface area contributed by atoms with E-state index in [1.165, 1.54) is 0 Å². The second kappa shape index (κ2) is 6.76. The molecule has 5 heteroatoms. The van der Waals surface area contributed by atoms with Crippen molar-refractivity contribution in [3.05, 3.63) is 60.2 Å². The molecule has 0 saturated carbocycles. The molecule has 0 unspecified atom stereocenters. The van der Waals surface area contributed by atoms with Crippen LogP contribution >= 0.6 is 0 Å². The van der Waals surface area contributed by atoms with Crippen molar-refractivity contribution in [1.29, 1.82) is 0 Å². The van der Waals surface area contributed by atoms with Gasteiger partial charge in [0, 0.05) is 12.0 Å². The maximum Gasteiger partial charge on any atom is 0.277 e. The number of nitrogens with one attached hydrogen (secondary N) is 1. The quantitative estimate of drug-likeness (QED) is 0.881. The Hall–Kier alpha value is -2.82. The molecule has 0 bridgehead atoms. The van der Waals surface area contributed by atoms with Crippen molar-refractivity contribution in [2.75, 3.05) is 13.2 Å². The van der Waals surface area contributed by atoms with Crippen molar-refractivity contribution in [1.82, 2.24) is 5.43 Å². The molecule has 0 radical (unpaired) electrons. The van der Waals surface area contributed by atoms with E-state index in [0.29, 0.717) is 18.8 Å². The minimum absolute atomic E-state index is 0.0705. The molecule has 0 spiro atoms. The number of carbonyl (C=O) groups is 1. The largest absolute Gasteiger partial charge is 0.492 e. The van der Waals surface area contributed by atoms with Crippen molar-refractivity contribution in [3.8, 4) is 11.5 Å². The van der Waals surface area contributed by atoms with Crippen molar-refractivity contribution in [3.63, 3.8) is 0 Å². The van der Waals surface area contributed by atoms with Crippen LogP contribution in [0, 0.1) is 0 Å². The summed E-state index contributed by atoms with van der Waals surface area (Å²) in [5, 5.41) is 4.19. The Balaban J connectivity index is 1.59. The second-order valence-electron chi connectivity index (χ2n) is 4.79. The lowest BCUT2D eigenvalue weighted by Gasteiger charge is -2.18. The van der Waals surface area contributed by atoms with Gasteiger partial charge in [0.2, 0.25) is 0 Å². The van der Waals surface area contributed by atoms with Gasteiger partial charge in [0.1, 0.15) is 11.5 Å². The number of rotatable bonds is 4. The van der Waals surface area contributed by atoms with Crippen LogP contribution in [0.4, 0.5) is 0 Å². The van der Waals surface area contributed by atoms with E-state index >= 15 is 0 Å². The van der Waals surface area contributed by atoms with Gasteiger partial charge < -0.3 is 9.47 Å². The molecule has 1 amide bonds. The van der Waals surface area contributed by atoms with E-state index in [1.807, 2.05) is 42.5 Å². The Morgan fingerprint density at radius 2 is 1.91 bits per heavy atom. The van der Waals surface area contributed by atoms with Gasteiger partial charge in [-0.05, 0) is 24.3 Å². The summed E-state index contributed by atoms with van der Waals surface area (Å²) in [6.45, 7) is 0.491. The van der Waals surface area contributed by atoms with E-state index in [2.05, 4.69) is 10.5 Å². The van der Waals surface area contributed by atoms with E-state index < -0.39 is 0 Å². The third kappa shape index (κ3) is 3.44. The van der Waals surface area contributed by atoms with Crippen LogP contribution in [0.3, 0.4) is 0 Å². The number of hydrogen-bond acceptors (Lipinski definition) is 4. The number of hydrogen-bond donors (Lipinski definition) is 1. The molecule has 1 N–H and O–H groups in total. The van der Waals surface area contributed by atoms with Crippen LogP contribution in [0.5, 0.6) is 11.5 Å². The number of ether oxygens (including phenoxy) is 2. The molecule has 112 valence electrons. The molecule has 0 aliphatic carbocycles. The van der Waals surface area contributed by atoms with Crippen LogP contribution in [0.2, 0.25) is 0 Å². The first-order chi connectivity index (χ1) is 10.8. The zero-order valence-corrected chi connectivity index (χ0v) is 12.0. The minimum atomic E-state index is -0.291.